The molecule has 0 aromatic heterocycles. The molecule has 0 fully saturated rings. The van der Waals surface area contributed by atoms with E-state index in [-0.39, 0.29) is 0 Å². The van der Waals surface area contributed by atoms with Crippen LogP contribution in [-0.2, 0) is 6.42 Å². The fourth-order valence-corrected chi connectivity index (χ4v) is 2.78. The SMILES string of the molecule is CSCCN(C)C(CN)c1ccc(CC(C)C)cc1. The van der Waals surface area contributed by atoms with Gasteiger partial charge in [-0.2, -0.15) is 11.8 Å². The van der Waals surface area contributed by atoms with E-state index < -0.39 is 0 Å². The number of thioether (sulfide) groups is 1. The Balaban J connectivity index is 2.70. The zero-order valence-corrected chi connectivity index (χ0v) is 13.5. The first-order valence-corrected chi connectivity index (χ1v) is 8.46. The Morgan fingerprint density at radius 2 is 1.84 bits per heavy atom. The highest BCUT2D eigenvalue weighted by Crippen LogP contribution is 2.20. The number of likely N-dealkylation sites (N-methyl/N-ethyl adjacent to an activating group) is 1. The van der Waals surface area contributed by atoms with Crippen molar-refractivity contribution in [2.45, 2.75) is 26.3 Å². The predicted octanol–water partition coefficient (Wildman–Crippen LogP) is 3.18. The van der Waals surface area contributed by atoms with E-state index in [1.165, 1.54) is 11.1 Å². The van der Waals surface area contributed by atoms with Gasteiger partial charge in [-0.25, -0.2) is 0 Å². The predicted molar refractivity (Wildman–Crippen MR) is 87.8 cm³/mol. The molecule has 108 valence electrons. The highest BCUT2D eigenvalue weighted by molar-refractivity contribution is 7.98. The number of nitrogens with zero attached hydrogens (tertiary/aromatic N) is 1. The van der Waals surface area contributed by atoms with E-state index in [1.807, 2.05) is 11.8 Å². The van der Waals surface area contributed by atoms with E-state index in [9.17, 15) is 0 Å². The lowest BCUT2D eigenvalue weighted by molar-refractivity contribution is 0.265. The maximum absolute atomic E-state index is 5.95. The molecule has 1 aromatic rings. The first kappa shape index (κ1) is 16.5. The van der Waals surface area contributed by atoms with Crippen LogP contribution in [0.2, 0.25) is 0 Å². The summed E-state index contributed by atoms with van der Waals surface area (Å²) >= 11 is 1.88. The van der Waals surface area contributed by atoms with Gasteiger partial charge in [-0.1, -0.05) is 38.1 Å². The maximum Gasteiger partial charge on any atom is 0.0467 e. The fraction of sp³-hybridized carbons (Fsp3) is 0.625. The van der Waals surface area contributed by atoms with E-state index in [4.69, 9.17) is 5.73 Å². The molecule has 3 heteroatoms. The highest BCUT2D eigenvalue weighted by Gasteiger charge is 2.14. The number of hydrogen-bond donors (Lipinski definition) is 1. The molecule has 0 bridgehead atoms. The Kier molecular flexibility index (Phi) is 7.51. The minimum atomic E-state index is 0.334. The van der Waals surface area contributed by atoms with Crippen LogP contribution in [0.4, 0.5) is 0 Å². The van der Waals surface area contributed by atoms with E-state index in [0.29, 0.717) is 18.5 Å². The van der Waals surface area contributed by atoms with Crippen LogP contribution in [-0.4, -0.2) is 37.0 Å². The van der Waals surface area contributed by atoms with E-state index >= 15 is 0 Å². The number of benzene rings is 1. The first-order valence-electron chi connectivity index (χ1n) is 7.06. The number of rotatable bonds is 8. The van der Waals surface area contributed by atoms with Crippen LogP contribution in [0, 0.1) is 5.92 Å². The Labute approximate surface area is 122 Å². The average molecular weight is 280 g/mol. The second-order valence-electron chi connectivity index (χ2n) is 5.56. The molecule has 0 spiro atoms. The summed E-state index contributed by atoms with van der Waals surface area (Å²) in [5.41, 5.74) is 8.70. The second kappa shape index (κ2) is 8.62. The van der Waals surface area contributed by atoms with E-state index in [0.717, 1.165) is 18.7 Å². The van der Waals surface area contributed by atoms with Crippen LogP contribution in [0.15, 0.2) is 24.3 Å². The van der Waals surface area contributed by atoms with Crippen molar-refractivity contribution >= 4 is 11.8 Å². The highest BCUT2D eigenvalue weighted by atomic mass is 32.2. The topological polar surface area (TPSA) is 29.3 Å². The summed E-state index contributed by atoms with van der Waals surface area (Å²) in [5, 5.41) is 0. The molecule has 0 heterocycles. The van der Waals surface area contributed by atoms with Crippen molar-refractivity contribution in [1.82, 2.24) is 4.90 Å². The van der Waals surface area contributed by atoms with Gasteiger partial charge in [-0.3, -0.25) is 4.90 Å². The van der Waals surface area contributed by atoms with Gasteiger partial charge in [0.25, 0.3) is 0 Å². The summed E-state index contributed by atoms with van der Waals surface area (Å²) in [6.07, 6.45) is 3.29. The molecule has 2 N–H and O–H groups in total. The Morgan fingerprint density at radius 3 is 2.32 bits per heavy atom. The third-order valence-electron chi connectivity index (χ3n) is 3.41. The van der Waals surface area contributed by atoms with E-state index in [2.05, 4.69) is 56.3 Å². The quantitative estimate of drug-likeness (QED) is 0.793. The number of nitrogens with two attached hydrogens (primary N) is 1. The largest absolute Gasteiger partial charge is 0.329 e. The standard InChI is InChI=1S/C16H28N2S/c1-13(2)11-14-5-7-15(8-6-14)16(12-17)18(3)9-10-19-4/h5-8,13,16H,9-12,17H2,1-4H3. The van der Waals surface area contributed by atoms with Gasteiger partial charge < -0.3 is 5.73 Å². The van der Waals surface area contributed by atoms with Crippen molar-refractivity contribution in [2.24, 2.45) is 11.7 Å². The first-order chi connectivity index (χ1) is 9.08. The Hall–Kier alpha value is -0.510. The molecular formula is C16H28N2S. The van der Waals surface area contributed by atoms with Gasteiger partial charge in [0.15, 0.2) is 0 Å². The summed E-state index contributed by atoms with van der Waals surface area (Å²) in [5.74, 6) is 1.86. The zero-order valence-electron chi connectivity index (χ0n) is 12.7. The van der Waals surface area contributed by atoms with Crippen LogP contribution >= 0.6 is 11.8 Å². The van der Waals surface area contributed by atoms with Crippen LogP contribution < -0.4 is 5.73 Å². The average Bonchev–Trinajstić information content (AvgIpc) is 2.38. The van der Waals surface area contributed by atoms with Crippen LogP contribution in [0.5, 0.6) is 0 Å². The minimum absolute atomic E-state index is 0.334. The van der Waals surface area contributed by atoms with Gasteiger partial charge in [0.2, 0.25) is 0 Å². The molecule has 0 radical (unpaired) electrons. The lowest BCUT2D eigenvalue weighted by Gasteiger charge is -2.27. The zero-order chi connectivity index (χ0) is 14.3. The van der Waals surface area contributed by atoms with Crippen LogP contribution in [0.25, 0.3) is 0 Å². The van der Waals surface area contributed by atoms with Crippen molar-refractivity contribution in [1.29, 1.82) is 0 Å². The normalized spacial score (nSPS) is 13.2. The van der Waals surface area contributed by atoms with Crippen LogP contribution in [0.3, 0.4) is 0 Å². The Bertz CT molecular complexity index is 348. The van der Waals surface area contributed by atoms with Crippen molar-refractivity contribution < 1.29 is 0 Å². The van der Waals surface area contributed by atoms with Crippen molar-refractivity contribution in [3.05, 3.63) is 35.4 Å². The summed E-state index contributed by atoms with van der Waals surface area (Å²) < 4.78 is 0. The van der Waals surface area contributed by atoms with E-state index in [1.54, 1.807) is 0 Å². The molecule has 2 nitrogen and oxygen atoms in total. The van der Waals surface area contributed by atoms with Crippen molar-refractivity contribution in [3.8, 4) is 0 Å². The van der Waals surface area contributed by atoms with Crippen molar-refractivity contribution in [2.75, 3.05) is 32.1 Å². The third-order valence-corrected chi connectivity index (χ3v) is 4.00. The maximum atomic E-state index is 5.95. The molecule has 1 rings (SSSR count). The lowest BCUT2D eigenvalue weighted by Crippen LogP contribution is -2.32. The summed E-state index contributed by atoms with van der Waals surface area (Å²) in [6, 6.07) is 9.32. The molecule has 0 amide bonds. The smallest absolute Gasteiger partial charge is 0.0467 e. The monoisotopic (exact) mass is 280 g/mol. The van der Waals surface area contributed by atoms with Gasteiger partial charge in [0, 0.05) is 24.9 Å². The summed E-state index contributed by atoms with van der Waals surface area (Å²) in [7, 11) is 2.16. The molecule has 0 saturated heterocycles. The summed E-state index contributed by atoms with van der Waals surface area (Å²) in [4.78, 5) is 2.36. The summed E-state index contributed by atoms with van der Waals surface area (Å²) in [6.45, 7) is 6.27. The number of hydrogen-bond acceptors (Lipinski definition) is 3. The molecular weight excluding hydrogens is 252 g/mol. The van der Waals surface area contributed by atoms with Crippen molar-refractivity contribution in [3.63, 3.8) is 0 Å². The van der Waals surface area contributed by atoms with Gasteiger partial charge >= 0.3 is 0 Å². The van der Waals surface area contributed by atoms with Crippen LogP contribution in [0.1, 0.15) is 31.0 Å². The minimum Gasteiger partial charge on any atom is -0.329 e. The molecule has 0 aliphatic rings. The molecule has 0 aliphatic heterocycles. The molecule has 0 saturated carbocycles. The third kappa shape index (κ3) is 5.55. The molecule has 19 heavy (non-hydrogen) atoms. The second-order valence-corrected chi connectivity index (χ2v) is 6.55. The molecule has 1 atom stereocenters. The van der Waals surface area contributed by atoms with Gasteiger partial charge in [-0.05, 0) is 36.8 Å². The molecule has 0 aliphatic carbocycles. The van der Waals surface area contributed by atoms with Gasteiger partial charge in [0.1, 0.15) is 0 Å². The van der Waals surface area contributed by atoms with Gasteiger partial charge in [-0.15, -0.1) is 0 Å². The molecule has 1 aromatic carbocycles. The van der Waals surface area contributed by atoms with Gasteiger partial charge in [0.05, 0.1) is 0 Å². The molecule has 1 unspecified atom stereocenters. The fourth-order valence-electron chi connectivity index (χ4n) is 2.31. The Morgan fingerprint density at radius 1 is 1.21 bits per heavy atom. The lowest BCUT2D eigenvalue weighted by atomic mass is 9.99.